The standard InChI is InChI=1S/C14H20ClNO/c1-10(2)13(9-15)16-14(17)8-12-7-5-4-6-11(12)3/h4-7,10,13H,8-9H2,1-3H3,(H,16,17). The van der Waals surface area contributed by atoms with Gasteiger partial charge in [0.2, 0.25) is 5.91 Å². The minimum absolute atomic E-state index is 0.0404. The third-order valence-electron chi connectivity index (χ3n) is 2.93. The summed E-state index contributed by atoms with van der Waals surface area (Å²) in [5.41, 5.74) is 2.22. The van der Waals surface area contributed by atoms with E-state index in [-0.39, 0.29) is 11.9 Å². The van der Waals surface area contributed by atoms with E-state index in [4.69, 9.17) is 11.6 Å². The predicted molar refractivity (Wildman–Crippen MR) is 72.4 cm³/mol. The molecule has 0 fully saturated rings. The van der Waals surface area contributed by atoms with E-state index in [2.05, 4.69) is 19.2 Å². The Morgan fingerprint density at radius 3 is 2.53 bits per heavy atom. The molecule has 3 heteroatoms. The third-order valence-corrected chi connectivity index (χ3v) is 3.26. The maximum atomic E-state index is 11.9. The molecule has 0 heterocycles. The molecule has 0 bridgehead atoms. The zero-order valence-corrected chi connectivity index (χ0v) is 11.4. The first-order chi connectivity index (χ1) is 8.04. The molecular weight excluding hydrogens is 234 g/mol. The van der Waals surface area contributed by atoms with Crippen molar-refractivity contribution in [1.82, 2.24) is 5.32 Å². The first-order valence-corrected chi connectivity index (χ1v) is 6.48. The lowest BCUT2D eigenvalue weighted by molar-refractivity contribution is -0.121. The van der Waals surface area contributed by atoms with Crippen molar-refractivity contribution in [1.29, 1.82) is 0 Å². The normalized spacial score (nSPS) is 12.5. The second-order valence-electron chi connectivity index (χ2n) is 4.68. The summed E-state index contributed by atoms with van der Waals surface area (Å²) in [6.07, 6.45) is 0.423. The van der Waals surface area contributed by atoms with Gasteiger partial charge in [-0.3, -0.25) is 4.79 Å². The number of benzene rings is 1. The smallest absolute Gasteiger partial charge is 0.224 e. The Hall–Kier alpha value is -1.02. The lowest BCUT2D eigenvalue weighted by Gasteiger charge is -2.19. The largest absolute Gasteiger partial charge is 0.352 e. The Labute approximate surface area is 108 Å². The first kappa shape index (κ1) is 14.0. The van der Waals surface area contributed by atoms with Gasteiger partial charge in [-0.05, 0) is 24.0 Å². The molecule has 1 rings (SSSR count). The Bertz CT molecular complexity index is 376. The number of rotatable bonds is 5. The molecule has 0 saturated heterocycles. The lowest BCUT2D eigenvalue weighted by Crippen LogP contribution is -2.40. The number of amides is 1. The van der Waals surface area contributed by atoms with Crippen LogP contribution in [0.4, 0.5) is 0 Å². The van der Waals surface area contributed by atoms with Gasteiger partial charge in [-0.15, -0.1) is 11.6 Å². The Morgan fingerprint density at radius 2 is 2.00 bits per heavy atom. The highest BCUT2D eigenvalue weighted by atomic mass is 35.5. The Morgan fingerprint density at radius 1 is 1.35 bits per heavy atom. The number of hydrogen-bond acceptors (Lipinski definition) is 1. The Kier molecular flexibility index (Phi) is 5.49. The molecule has 0 aliphatic rings. The predicted octanol–water partition coefficient (Wildman–Crippen LogP) is 2.92. The maximum absolute atomic E-state index is 11.9. The molecule has 2 nitrogen and oxygen atoms in total. The van der Waals surface area contributed by atoms with Gasteiger partial charge >= 0.3 is 0 Å². The number of halogens is 1. The minimum Gasteiger partial charge on any atom is -0.352 e. The quantitative estimate of drug-likeness (QED) is 0.804. The highest BCUT2D eigenvalue weighted by Crippen LogP contribution is 2.09. The van der Waals surface area contributed by atoms with Crippen LogP contribution in [0.25, 0.3) is 0 Å². The number of hydrogen-bond donors (Lipinski definition) is 1. The van der Waals surface area contributed by atoms with E-state index in [1.54, 1.807) is 0 Å². The van der Waals surface area contributed by atoms with Gasteiger partial charge in [0, 0.05) is 11.9 Å². The Balaban J connectivity index is 2.58. The summed E-state index contributed by atoms with van der Waals surface area (Å²) in [4.78, 5) is 11.9. The summed E-state index contributed by atoms with van der Waals surface area (Å²) >= 11 is 5.83. The molecule has 0 spiro atoms. The number of alkyl halides is 1. The molecule has 1 amide bonds. The van der Waals surface area contributed by atoms with Gasteiger partial charge < -0.3 is 5.32 Å². The van der Waals surface area contributed by atoms with E-state index in [1.807, 2.05) is 31.2 Å². The lowest BCUT2D eigenvalue weighted by atomic mass is 10.0. The molecular formula is C14H20ClNO. The number of aryl methyl sites for hydroxylation is 1. The molecule has 17 heavy (non-hydrogen) atoms. The highest BCUT2D eigenvalue weighted by Gasteiger charge is 2.15. The average molecular weight is 254 g/mol. The summed E-state index contributed by atoms with van der Waals surface area (Å²) < 4.78 is 0. The van der Waals surface area contributed by atoms with Gasteiger partial charge in [-0.25, -0.2) is 0 Å². The summed E-state index contributed by atoms with van der Waals surface area (Å²) in [6.45, 7) is 6.13. The van der Waals surface area contributed by atoms with E-state index in [9.17, 15) is 4.79 Å². The van der Waals surface area contributed by atoms with Crippen molar-refractivity contribution in [2.75, 3.05) is 5.88 Å². The van der Waals surface area contributed by atoms with Gasteiger partial charge in [0.25, 0.3) is 0 Å². The van der Waals surface area contributed by atoms with Gasteiger partial charge in [0.05, 0.1) is 6.42 Å². The second kappa shape index (κ2) is 6.65. The molecule has 0 aliphatic carbocycles. The van der Waals surface area contributed by atoms with Crippen LogP contribution < -0.4 is 5.32 Å². The van der Waals surface area contributed by atoms with Crippen LogP contribution in [0.2, 0.25) is 0 Å². The molecule has 1 atom stereocenters. The van der Waals surface area contributed by atoms with Crippen molar-refractivity contribution in [2.45, 2.75) is 33.2 Å². The van der Waals surface area contributed by atoms with Crippen LogP contribution in [0.3, 0.4) is 0 Å². The van der Waals surface area contributed by atoms with Crippen LogP contribution in [0, 0.1) is 12.8 Å². The van der Waals surface area contributed by atoms with E-state index in [0.29, 0.717) is 18.2 Å². The van der Waals surface area contributed by atoms with Crippen molar-refractivity contribution < 1.29 is 4.79 Å². The van der Waals surface area contributed by atoms with Crippen LogP contribution in [-0.2, 0) is 11.2 Å². The van der Waals surface area contributed by atoms with Crippen LogP contribution in [0.5, 0.6) is 0 Å². The molecule has 0 saturated carbocycles. The number of nitrogens with one attached hydrogen (secondary N) is 1. The van der Waals surface area contributed by atoms with Gasteiger partial charge in [-0.1, -0.05) is 38.1 Å². The van der Waals surface area contributed by atoms with Crippen molar-refractivity contribution in [3.63, 3.8) is 0 Å². The van der Waals surface area contributed by atoms with E-state index in [0.717, 1.165) is 11.1 Å². The molecule has 1 aromatic carbocycles. The van der Waals surface area contributed by atoms with Crippen molar-refractivity contribution in [3.05, 3.63) is 35.4 Å². The van der Waals surface area contributed by atoms with Crippen LogP contribution in [0.1, 0.15) is 25.0 Å². The monoisotopic (exact) mass is 253 g/mol. The zero-order chi connectivity index (χ0) is 12.8. The van der Waals surface area contributed by atoms with Crippen molar-refractivity contribution in [3.8, 4) is 0 Å². The number of carbonyl (C=O) groups excluding carboxylic acids is 1. The summed E-state index contributed by atoms with van der Waals surface area (Å²) in [7, 11) is 0. The molecule has 1 N–H and O–H groups in total. The van der Waals surface area contributed by atoms with Crippen molar-refractivity contribution >= 4 is 17.5 Å². The van der Waals surface area contributed by atoms with Gasteiger partial charge in [-0.2, -0.15) is 0 Å². The highest BCUT2D eigenvalue weighted by molar-refractivity contribution is 6.18. The zero-order valence-electron chi connectivity index (χ0n) is 10.7. The third kappa shape index (κ3) is 4.39. The SMILES string of the molecule is Cc1ccccc1CC(=O)NC(CCl)C(C)C. The fourth-order valence-electron chi connectivity index (χ4n) is 1.62. The molecule has 94 valence electrons. The molecule has 0 radical (unpaired) electrons. The molecule has 1 unspecified atom stereocenters. The second-order valence-corrected chi connectivity index (χ2v) is 4.98. The molecule has 1 aromatic rings. The fraction of sp³-hybridized carbons (Fsp3) is 0.500. The van der Waals surface area contributed by atoms with Crippen LogP contribution >= 0.6 is 11.6 Å². The van der Waals surface area contributed by atoms with E-state index >= 15 is 0 Å². The average Bonchev–Trinajstić information content (AvgIpc) is 2.28. The molecule has 0 aromatic heterocycles. The van der Waals surface area contributed by atoms with Gasteiger partial charge in [0.15, 0.2) is 0 Å². The van der Waals surface area contributed by atoms with Crippen LogP contribution in [-0.4, -0.2) is 17.8 Å². The first-order valence-electron chi connectivity index (χ1n) is 5.94. The van der Waals surface area contributed by atoms with Crippen LogP contribution in [0.15, 0.2) is 24.3 Å². The maximum Gasteiger partial charge on any atom is 0.224 e. The number of carbonyl (C=O) groups is 1. The minimum atomic E-state index is 0.0404. The summed E-state index contributed by atoms with van der Waals surface area (Å²) in [6, 6.07) is 7.99. The van der Waals surface area contributed by atoms with E-state index in [1.165, 1.54) is 0 Å². The van der Waals surface area contributed by atoms with E-state index < -0.39 is 0 Å². The van der Waals surface area contributed by atoms with Crippen molar-refractivity contribution in [2.24, 2.45) is 5.92 Å². The van der Waals surface area contributed by atoms with Gasteiger partial charge in [0.1, 0.15) is 0 Å². The summed E-state index contributed by atoms with van der Waals surface area (Å²) in [5.74, 6) is 0.851. The fourth-order valence-corrected chi connectivity index (χ4v) is 2.06. The molecule has 0 aliphatic heterocycles. The topological polar surface area (TPSA) is 29.1 Å². The summed E-state index contributed by atoms with van der Waals surface area (Å²) in [5, 5.41) is 2.97.